The number of ether oxygens (including phenoxy) is 1. The molecule has 53 heavy (non-hydrogen) atoms. The fourth-order valence-electron chi connectivity index (χ4n) is 5.56. The zero-order chi connectivity index (χ0) is 39.3. The van der Waals surface area contributed by atoms with Crippen molar-refractivity contribution in [1.29, 1.82) is 0 Å². The fraction of sp³-hybridized carbons (Fsp3) is 0.438. The average molecular weight is 787 g/mol. The van der Waals surface area contributed by atoms with E-state index >= 15 is 0 Å². The van der Waals surface area contributed by atoms with Gasteiger partial charge in [-0.05, 0) is 69.0 Å². The van der Waals surface area contributed by atoms with Crippen LogP contribution in [0.5, 0.6) is 5.75 Å². The monoisotopic (exact) mass is 786 g/mol. The van der Waals surface area contributed by atoms with Gasteiger partial charge in [0.25, 0.3) is 5.91 Å². The Morgan fingerprint density at radius 3 is 2.49 bits per heavy atom. The van der Waals surface area contributed by atoms with Gasteiger partial charge in [0.05, 0.1) is 11.5 Å². The van der Waals surface area contributed by atoms with E-state index in [0.717, 1.165) is 53.0 Å². The van der Waals surface area contributed by atoms with Gasteiger partial charge in [-0.25, -0.2) is 22.8 Å². The Hall–Kier alpha value is -4.70. The smallest absolute Gasteiger partial charge is 0.490 e. The molecule has 1 aromatic carbocycles. The molecule has 5 N–H and O–H groups in total. The molecule has 5 rings (SSSR count). The Kier molecular flexibility index (Phi) is 12.8. The highest BCUT2D eigenvalue weighted by Crippen LogP contribution is 2.41. The number of halogens is 3. The van der Waals surface area contributed by atoms with Crippen LogP contribution >= 0.6 is 11.3 Å². The third-order valence-corrected chi connectivity index (χ3v) is 9.42. The van der Waals surface area contributed by atoms with Crippen LogP contribution in [0.25, 0.3) is 11.1 Å². The molecule has 2 aromatic heterocycles. The zero-order valence-electron chi connectivity index (χ0n) is 28.7. The number of alkyl halides is 3. The zero-order valence-corrected chi connectivity index (χ0v) is 30.3. The molecule has 0 aliphatic carbocycles. The maximum absolute atomic E-state index is 13.3. The molecule has 16 nitrogen and oxygen atoms in total. The third kappa shape index (κ3) is 10.5. The number of carbonyl (C=O) groups is 3. The summed E-state index contributed by atoms with van der Waals surface area (Å²) in [6, 6.07) is 10.3. The minimum Gasteiger partial charge on any atom is -0.724 e. The maximum atomic E-state index is 13.3. The molecule has 1 saturated heterocycles. The highest BCUT2D eigenvalue weighted by Gasteiger charge is 2.57. The molecule has 2 aliphatic rings. The average Bonchev–Trinajstić information content (AvgIpc) is 3.51. The Bertz CT molecular complexity index is 1990. The van der Waals surface area contributed by atoms with Crippen molar-refractivity contribution >= 4 is 50.2 Å². The van der Waals surface area contributed by atoms with Crippen LogP contribution in [0.3, 0.4) is 0 Å². The SMILES string of the molecule is C[n+]1cc(-c2ccc3c(c2)CC[C@H](CO/N=C(\C(=O)C[C@@H]2C(=O)N(OS(=O)(=O)[O-])C2(C)C)c2csc(N)n2)O3)ccc1CCCN.O=C(O)C(F)(F)F. The van der Waals surface area contributed by atoms with Crippen LogP contribution in [0.15, 0.2) is 47.1 Å². The number of carboxylic acids is 1. The molecule has 288 valence electrons. The van der Waals surface area contributed by atoms with Gasteiger partial charge in [-0.15, -0.1) is 11.3 Å². The first kappa shape index (κ1) is 41.1. The number of hydroxylamine groups is 2. The number of carboxylic acid groups (broad SMARTS) is 1. The first-order chi connectivity index (χ1) is 24.7. The number of Topliss-reactive ketones (excluding diaryl/α,β-unsaturated/α-hetero) is 1. The number of aryl methyl sites for hydroxylation is 3. The third-order valence-electron chi connectivity index (χ3n) is 8.42. The van der Waals surface area contributed by atoms with Crippen molar-refractivity contribution in [2.24, 2.45) is 23.9 Å². The Labute approximate surface area is 306 Å². The molecular weight excluding hydrogens is 750 g/mol. The molecule has 0 unspecified atom stereocenters. The number of thiazole rings is 1. The highest BCUT2D eigenvalue weighted by molar-refractivity contribution is 7.80. The fourth-order valence-corrected chi connectivity index (χ4v) is 6.56. The van der Waals surface area contributed by atoms with Crippen molar-refractivity contribution in [2.45, 2.75) is 63.8 Å². The van der Waals surface area contributed by atoms with Crippen molar-refractivity contribution in [2.75, 3.05) is 18.9 Å². The molecule has 0 spiro atoms. The van der Waals surface area contributed by atoms with E-state index in [4.69, 9.17) is 30.9 Å². The van der Waals surface area contributed by atoms with Crippen molar-refractivity contribution < 1.29 is 64.1 Å². The number of amides is 1. The standard InChI is InChI=1S/C30H36N6O8S2.C2HF3O2/c1-30(2)23(28(38)36(30)44-46(39,40)41)14-25(37)27(24-17-45-29(32)33-24)34-42-16-22-10-7-19-13-18(8-11-26(19)43-22)20-6-9-21(5-4-12-31)35(3)15-20;3-2(4,5)1(6)7/h6,8-9,11,13,15,17,22-23H,4-5,7,10,12,14,16,31H2,1-3H3,(H2-,32,33,39,40,41);(H,6,7)/b34-27-;/t22-,23-;/m1./s1. The van der Waals surface area contributed by atoms with Gasteiger partial charge in [0, 0.05) is 29.9 Å². The number of hydrogen-bond donors (Lipinski definition) is 3. The van der Waals surface area contributed by atoms with Gasteiger partial charge < -0.3 is 30.7 Å². The van der Waals surface area contributed by atoms with Crippen LogP contribution in [0, 0.1) is 5.92 Å². The lowest BCUT2D eigenvalue weighted by atomic mass is 9.74. The molecule has 0 radical (unpaired) electrons. The number of β-lactam (4-membered cyclic amide) rings is 1. The number of benzene rings is 1. The lowest BCUT2D eigenvalue weighted by Crippen LogP contribution is -2.68. The minimum absolute atomic E-state index is 0.0501. The van der Waals surface area contributed by atoms with Crippen LogP contribution < -0.4 is 20.8 Å². The molecule has 1 amide bonds. The Morgan fingerprint density at radius 2 is 1.92 bits per heavy atom. The number of nitrogens with two attached hydrogens (primary N) is 2. The molecule has 2 aliphatic heterocycles. The summed E-state index contributed by atoms with van der Waals surface area (Å²) in [5.74, 6) is -4.38. The van der Waals surface area contributed by atoms with Crippen LogP contribution in [-0.2, 0) is 53.8 Å². The number of aromatic nitrogens is 2. The van der Waals surface area contributed by atoms with Gasteiger partial charge in [0.2, 0.25) is 10.4 Å². The topological polar surface area (TPSA) is 241 Å². The largest absolute Gasteiger partial charge is 0.724 e. The number of fused-ring (bicyclic) bond motifs is 1. The lowest BCUT2D eigenvalue weighted by Gasteiger charge is -2.51. The number of pyridine rings is 1. The van der Waals surface area contributed by atoms with Crippen LogP contribution in [0.2, 0.25) is 0 Å². The molecule has 0 saturated carbocycles. The van der Waals surface area contributed by atoms with Crippen molar-refractivity contribution in [1.82, 2.24) is 10.0 Å². The van der Waals surface area contributed by atoms with E-state index in [1.165, 1.54) is 19.5 Å². The number of oxime groups is 1. The minimum atomic E-state index is -5.17. The molecule has 3 aromatic rings. The summed E-state index contributed by atoms with van der Waals surface area (Å²) in [5.41, 5.74) is 14.7. The highest BCUT2D eigenvalue weighted by atomic mass is 32.3. The number of anilines is 1. The number of nitrogens with zero attached hydrogens (tertiary/aromatic N) is 4. The molecule has 0 bridgehead atoms. The van der Waals surface area contributed by atoms with E-state index in [1.807, 2.05) is 19.2 Å². The second-order valence-electron chi connectivity index (χ2n) is 12.6. The van der Waals surface area contributed by atoms with E-state index in [-0.39, 0.29) is 35.7 Å². The van der Waals surface area contributed by atoms with E-state index in [2.05, 4.69) is 43.4 Å². The summed E-state index contributed by atoms with van der Waals surface area (Å²) in [6.45, 7) is 3.67. The number of nitrogen functional groups attached to an aromatic ring is 1. The van der Waals surface area contributed by atoms with E-state index in [9.17, 15) is 35.7 Å². The molecular formula is C32H37F3N6O10S2. The second-order valence-corrected chi connectivity index (χ2v) is 14.4. The quantitative estimate of drug-likeness (QED) is 0.0564. The number of aliphatic carboxylic acids is 1. The van der Waals surface area contributed by atoms with Gasteiger partial charge in [-0.1, -0.05) is 11.2 Å². The summed E-state index contributed by atoms with van der Waals surface area (Å²) in [7, 11) is -3.14. The van der Waals surface area contributed by atoms with Crippen molar-refractivity contribution in [3.8, 4) is 16.9 Å². The lowest BCUT2D eigenvalue weighted by molar-refractivity contribution is -0.678. The van der Waals surface area contributed by atoms with Crippen molar-refractivity contribution in [3.63, 3.8) is 0 Å². The molecule has 2 atom stereocenters. The molecule has 21 heteroatoms. The summed E-state index contributed by atoms with van der Waals surface area (Å²) >= 11 is 1.10. The first-order valence-electron chi connectivity index (χ1n) is 15.9. The summed E-state index contributed by atoms with van der Waals surface area (Å²) in [4.78, 5) is 44.5. The molecule has 1 fully saturated rings. The summed E-state index contributed by atoms with van der Waals surface area (Å²) in [5, 5.41) is 13.4. The number of carbonyl (C=O) groups excluding carboxylic acids is 2. The van der Waals surface area contributed by atoms with Crippen molar-refractivity contribution in [3.05, 3.63) is 58.9 Å². The molecule has 4 heterocycles. The predicted octanol–water partition coefficient (Wildman–Crippen LogP) is 2.44. The van der Waals surface area contributed by atoms with Gasteiger partial charge in [-0.2, -0.15) is 22.5 Å². The van der Waals surface area contributed by atoms with E-state index < -0.39 is 45.7 Å². The van der Waals surface area contributed by atoms with Crippen LogP contribution in [-0.4, -0.2) is 82.5 Å². The van der Waals surface area contributed by atoms with Gasteiger partial charge >= 0.3 is 12.1 Å². The summed E-state index contributed by atoms with van der Waals surface area (Å²) < 4.78 is 77.4. The predicted molar refractivity (Wildman–Crippen MR) is 181 cm³/mol. The van der Waals surface area contributed by atoms with E-state index in [0.29, 0.717) is 18.0 Å². The number of hydrogen-bond acceptors (Lipinski definition) is 14. The van der Waals surface area contributed by atoms with Gasteiger partial charge in [-0.3, -0.25) is 9.59 Å². The van der Waals surface area contributed by atoms with Crippen LogP contribution in [0.4, 0.5) is 18.3 Å². The van der Waals surface area contributed by atoms with Crippen LogP contribution in [0.1, 0.15) is 50.1 Å². The second kappa shape index (κ2) is 16.5. The normalized spacial score (nSPS) is 18.2. The number of ketones is 1. The van der Waals surface area contributed by atoms with Gasteiger partial charge in [0.15, 0.2) is 35.1 Å². The maximum Gasteiger partial charge on any atom is 0.490 e. The first-order valence-corrected chi connectivity index (χ1v) is 18.1. The van der Waals surface area contributed by atoms with E-state index in [1.54, 1.807) is 5.38 Å². The summed E-state index contributed by atoms with van der Waals surface area (Å²) in [6.07, 6.45) is -0.370. The number of rotatable bonds is 13. The Balaban J connectivity index is 0.000000815. The van der Waals surface area contributed by atoms with Gasteiger partial charge in [0.1, 0.15) is 24.6 Å². The Morgan fingerprint density at radius 1 is 1.25 bits per heavy atom.